The van der Waals surface area contributed by atoms with Gasteiger partial charge in [-0.05, 0) is 18.2 Å². The van der Waals surface area contributed by atoms with Crippen LogP contribution in [-0.4, -0.2) is 31.2 Å². The van der Waals surface area contributed by atoms with Crippen molar-refractivity contribution >= 4 is 21.4 Å². The molecule has 7 heteroatoms. The number of hydrogen-bond acceptors (Lipinski definition) is 5. The van der Waals surface area contributed by atoms with E-state index in [1.807, 2.05) is 6.07 Å². The molecule has 2 rings (SSSR count). The van der Waals surface area contributed by atoms with Crippen molar-refractivity contribution in [2.24, 2.45) is 0 Å². The molecule has 0 radical (unpaired) electrons. The second-order valence-electron chi connectivity index (χ2n) is 4.29. The fourth-order valence-corrected chi connectivity index (χ4v) is 2.96. The summed E-state index contributed by atoms with van der Waals surface area (Å²) in [5.74, 6) is -0.0255. The molecular weight excluding hydrogens is 276 g/mol. The summed E-state index contributed by atoms with van der Waals surface area (Å²) < 4.78 is 25.7. The average molecular weight is 292 g/mol. The van der Waals surface area contributed by atoms with Crippen LogP contribution in [0.1, 0.15) is 5.69 Å². The lowest BCUT2D eigenvalue weighted by Gasteiger charge is -2.20. The van der Waals surface area contributed by atoms with Gasteiger partial charge in [-0.25, -0.2) is 8.42 Å². The van der Waals surface area contributed by atoms with Gasteiger partial charge in [0, 0.05) is 31.6 Å². The molecule has 0 aliphatic heterocycles. The van der Waals surface area contributed by atoms with E-state index in [9.17, 15) is 8.42 Å². The van der Waals surface area contributed by atoms with Gasteiger partial charge in [-0.3, -0.25) is 14.3 Å². The first-order valence-corrected chi connectivity index (χ1v) is 7.67. The molecule has 0 fully saturated rings. The molecule has 2 N–H and O–H groups in total. The van der Waals surface area contributed by atoms with Crippen LogP contribution in [0.5, 0.6) is 0 Å². The number of aromatic nitrogens is 2. The molecule has 0 aliphatic rings. The van der Waals surface area contributed by atoms with Crippen LogP contribution in [-0.2, 0) is 16.4 Å². The average Bonchev–Trinajstić information content (AvgIpc) is 2.46. The molecule has 0 aliphatic carbocycles. The molecule has 106 valence electrons. The minimum absolute atomic E-state index is 0.0255. The monoisotopic (exact) mass is 292 g/mol. The number of aryl methyl sites for hydroxylation is 1. The minimum atomic E-state index is -3.45. The summed E-state index contributed by atoms with van der Waals surface area (Å²) in [6.45, 7) is 0. The molecule has 2 heterocycles. The van der Waals surface area contributed by atoms with Gasteiger partial charge in [0.2, 0.25) is 10.0 Å². The number of nitrogen functional groups attached to an aromatic ring is 1. The highest BCUT2D eigenvalue weighted by Gasteiger charge is 2.20. The van der Waals surface area contributed by atoms with E-state index in [1.165, 1.54) is 23.7 Å². The summed E-state index contributed by atoms with van der Waals surface area (Å²) >= 11 is 0. The van der Waals surface area contributed by atoms with Crippen LogP contribution in [0.3, 0.4) is 0 Å². The highest BCUT2D eigenvalue weighted by molar-refractivity contribution is 7.92. The molecular formula is C13H16N4O2S. The normalized spacial score (nSPS) is 11.2. The number of nitrogens with zero attached hydrogens (tertiary/aromatic N) is 3. The number of sulfonamides is 1. The van der Waals surface area contributed by atoms with Crippen molar-refractivity contribution in [3.63, 3.8) is 0 Å². The third-order valence-electron chi connectivity index (χ3n) is 2.93. The predicted octanol–water partition coefficient (Wildman–Crippen LogP) is 1.07. The van der Waals surface area contributed by atoms with Crippen LogP contribution >= 0.6 is 0 Å². The summed E-state index contributed by atoms with van der Waals surface area (Å²) in [5.41, 5.74) is 7.25. The second-order valence-corrected chi connectivity index (χ2v) is 6.41. The van der Waals surface area contributed by atoms with Crippen molar-refractivity contribution in [3.8, 4) is 0 Å². The first-order valence-electron chi connectivity index (χ1n) is 6.07. The highest BCUT2D eigenvalue weighted by Crippen LogP contribution is 2.22. The number of nitrogens with two attached hydrogens (primary N) is 1. The fourth-order valence-electron chi connectivity index (χ4n) is 1.75. The summed E-state index contributed by atoms with van der Waals surface area (Å²) in [4.78, 5) is 7.96. The van der Waals surface area contributed by atoms with Gasteiger partial charge < -0.3 is 5.73 Å². The molecule has 0 saturated heterocycles. The Morgan fingerprint density at radius 1 is 1.25 bits per heavy atom. The maximum absolute atomic E-state index is 12.3. The van der Waals surface area contributed by atoms with E-state index in [4.69, 9.17) is 5.73 Å². The van der Waals surface area contributed by atoms with Gasteiger partial charge in [0.1, 0.15) is 0 Å². The summed E-state index contributed by atoms with van der Waals surface area (Å²) in [6.07, 6.45) is 4.95. The molecule has 0 atom stereocenters. The highest BCUT2D eigenvalue weighted by atomic mass is 32.2. The van der Waals surface area contributed by atoms with Crippen molar-refractivity contribution in [1.82, 2.24) is 9.97 Å². The Labute approximate surface area is 118 Å². The fraction of sp³-hybridized carbons (Fsp3) is 0.231. The van der Waals surface area contributed by atoms with Gasteiger partial charge in [0.25, 0.3) is 0 Å². The quantitative estimate of drug-likeness (QED) is 0.890. The molecule has 2 aromatic rings. The first-order chi connectivity index (χ1) is 9.50. The molecule has 2 aromatic heterocycles. The smallest absolute Gasteiger partial charge is 0.235 e. The Hall–Kier alpha value is -2.15. The Kier molecular flexibility index (Phi) is 4.19. The van der Waals surface area contributed by atoms with E-state index in [1.54, 1.807) is 24.4 Å². The van der Waals surface area contributed by atoms with E-state index in [-0.39, 0.29) is 5.75 Å². The van der Waals surface area contributed by atoms with Crippen LogP contribution in [0.2, 0.25) is 0 Å². The van der Waals surface area contributed by atoms with Gasteiger partial charge in [0.05, 0.1) is 23.3 Å². The number of pyridine rings is 2. The van der Waals surface area contributed by atoms with Crippen LogP contribution in [0.4, 0.5) is 11.4 Å². The lowest BCUT2D eigenvalue weighted by Crippen LogP contribution is -2.30. The maximum Gasteiger partial charge on any atom is 0.235 e. The number of rotatable bonds is 5. The molecule has 0 unspecified atom stereocenters. The van der Waals surface area contributed by atoms with E-state index < -0.39 is 10.0 Å². The van der Waals surface area contributed by atoms with Crippen molar-refractivity contribution in [2.75, 3.05) is 22.8 Å². The molecule has 0 aromatic carbocycles. The summed E-state index contributed by atoms with van der Waals surface area (Å²) in [6, 6.07) is 7.01. The van der Waals surface area contributed by atoms with Gasteiger partial charge in [-0.2, -0.15) is 0 Å². The van der Waals surface area contributed by atoms with Crippen LogP contribution in [0, 0.1) is 0 Å². The molecule has 0 amide bonds. The van der Waals surface area contributed by atoms with Crippen molar-refractivity contribution in [3.05, 3.63) is 48.5 Å². The van der Waals surface area contributed by atoms with Crippen LogP contribution < -0.4 is 10.0 Å². The Morgan fingerprint density at radius 2 is 2.05 bits per heavy atom. The van der Waals surface area contributed by atoms with Crippen LogP contribution in [0.15, 0.2) is 42.9 Å². The zero-order valence-corrected chi connectivity index (χ0v) is 11.9. The number of anilines is 2. The van der Waals surface area contributed by atoms with Crippen molar-refractivity contribution < 1.29 is 8.42 Å². The molecule has 20 heavy (non-hydrogen) atoms. The second kappa shape index (κ2) is 5.87. The number of hydrogen-bond donors (Lipinski definition) is 1. The molecule has 0 bridgehead atoms. The van der Waals surface area contributed by atoms with Gasteiger partial charge >= 0.3 is 0 Å². The van der Waals surface area contributed by atoms with E-state index in [2.05, 4.69) is 9.97 Å². The summed E-state index contributed by atoms with van der Waals surface area (Å²) in [7, 11) is -1.96. The maximum atomic E-state index is 12.3. The molecule has 0 spiro atoms. The Balaban J connectivity index is 2.13. The van der Waals surface area contributed by atoms with Crippen molar-refractivity contribution in [2.45, 2.75) is 6.42 Å². The predicted molar refractivity (Wildman–Crippen MR) is 78.8 cm³/mol. The first kappa shape index (κ1) is 14.3. The van der Waals surface area contributed by atoms with Gasteiger partial charge in [-0.15, -0.1) is 0 Å². The van der Waals surface area contributed by atoms with E-state index in [0.29, 0.717) is 17.8 Å². The van der Waals surface area contributed by atoms with Gasteiger partial charge in [0.15, 0.2) is 0 Å². The Morgan fingerprint density at radius 3 is 2.70 bits per heavy atom. The van der Waals surface area contributed by atoms with Gasteiger partial charge in [-0.1, -0.05) is 6.07 Å². The molecule has 6 nitrogen and oxygen atoms in total. The topological polar surface area (TPSA) is 89.2 Å². The standard InChI is InChI=1S/C13H16N4O2S/c1-17(13-5-8-15-10-12(13)14)20(18,19)9-6-11-4-2-3-7-16-11/h2-5,7-8,10H,6,9,14H2,1H3. The minimum Gasteiger partial charge on any atom is -0.396 e. The lowest BCUT2D eigenvalue weighted by atomic mass is 10.3. The lowest BCUT2D eigenvalue weighted by molar-refractivity contribution is 0.593. The third kappa shape index (κ3) is 3.24. The van der Waals surface area contributed by atoms with E-state index >= 15 is 0 Å². The largest absolute Gasteiger partial charge is 0.396 e. The molecule has 0 saturated carbocycles. The summed E-state index contributed by atoms with van der Waals surface area (Å²) in [5, 5.41) is 0. The van der Waals surface area contributed by atoms with E-state index in [0.717, 1.165) is 5.69 Å². The SMILES string of the molecule is CN(c1ccncc1N)S(=O)(=O)CCc1ccccn1. The van der Waals surface area contributed by atoms with Crippen molar-refractivity contribution in [1.29, 1.82) is 0 Å². The Bertz CT molecular complexity index is 674. The third-order valence-corrected chi connectivity index (χ3v) is 4.68. The van der Waals surface area contributed by atoms with Crippen LogP contribution in [0.25, 0.3) is 0 Å². The zero-order chi connectivity index (χ0) is 14.6. The zero-order valence-electron chi connectivity index (χ0n) is 11.1.